The molecule has 0 atom stereocenters. The zero-order chi connectivity index (χ0) is 12.0. The molecule has 0 unspecified atom stereocenters. The summed E-state index contributed by atoms with van der Waals surface area (Å²) in [7, 11) is 0. The molecule has 0 saturated carbocycles. The smallest absolute Gasteiger partial charge is 0.0993 e. The van der Waals surface area contributed by atoms with E-state index in [9.17, 15) is 0 Å². The fourth-order valence-electron chi connectivity index (χ4n) is 1.34. The van der Waals surface area contributed by atoms with Crippen molar-refractivity contribution in [2.75, 3.05) is 6.26 Å². The van der Waals surface area contributed by atoms with E-state index in [4.69, 9.17) is 0 Å². The molecule has 16 heavy (non-hydrogen) atoms. The van der Waals surface area contributed by atoms with E-state index in [1.54, 1.807) is 17.8 Å². The maximum absolute atomic E-state index is 4.66. The van der Waals surface area contributed by atoms with Gasteiger partial charge in [0.05, 0.1) is 10.7 Å². The fraction of sp³-hybridized carbons (Fsp3) is 0.214. The van der Waals surface area contributed by atoms with Crippen LogP contribution in [0.25, 0.3) is 0 Å². The lowest BCUT2D eigenvalue weighted by atomic mass is 10.2. The quantitative estimate of drug-likeness (QED) is 0.423. The number of aryl methyl sites for hydroxylation is 1. The van der Waals surface area contributed by atoms with Crippen molar-refractivity contribution in [1.82, 2.24) is 0 Å². The molecule has 0 bridgehead atoms. The second kappa shape index (κ2) is 6.33. The predicted octanol–water partition coefficient (Wildman–Crippen LogP) is 4.52. The Labute approximate surface area is 102 Å². The summed E-state index contributed by atoms with van der Waals surface area (Å²) in [5.74, 6) is 0. The van der Waals surface area contributed by atoms with E-state index in [0.29, 0.717) is 0 Å². The first-order valence-corrected chi connectivity index (χ1v) is 6.39. The van der Waals surface area contributed by atoms with Crippen LogP contribution in [0.1, 0.15) is 12.5 Å². The van der Waals surface area contributed by atoms with E-state index in [0.717, 1.165) is 16.3 Å². The Morgan fingerprint density at radius 2 is 2.06 bits per heavy atom. The molecule has 0 fully saturated rings. The highest BCUT2D eigenvalue weighted by atomic mass is 32.2. The van der Waals surface area contributed by atoms with Crippen LogP contribution in [-0.2, 0) is 0 Å². The minimum Gasteiger partial charge on any atom is -0.242 e. The highest BCUT2D eigenvalue weighted by Crippen LogP contribution is 2.21. The fourth-order valence-corrected chi connectivity index (χ4v) is 1.92. The number of para-hydroxylation sites is 1. The molecular formula is C14H17NS. The van der Waals surface area contributed by atoms with E-state index in [2.05, 4.69) is 31.5 Å². The van der Waals surface area contributed by atoms with Gasteiger partial charge in [-0.2, -0.15) is 0 Å². The summed E-state index contributed by atoms with van der Waals surface area (Å²) in [6, 6.07) is 8.14. The van der Waals surface area contributed by atoms with E-state index < -0.39 is 0 Å². The zero-order valence-corrected chi connectivity index (χ0v) is 10.8. The summed E-state index contributed by atoms with van der Waals surface area (Å²) in [5.41, 5.74) is 3.37. The van der Waals surface area contributed by atoms with Crippen LogP contribution in [-0.4, -0.2) is 11.3 Å². The van der Waals surface area contributed by atoms with Gasteiger partial charge in [0, 0.05) is 0 Å². The average Bonchev–Trinajstić information content (AvgIpc) is 2.28. The first-order valence-electron chi connectivity index (χ1n) is 5.17. The van der Waals surface area contributed by atoms with Crippen LogP contribution in [0, 0.1) is 6.92 Å². The largest absolute Gasteiger partial charge is 0.242 e. The third kappa shape index (κ3) is 3.38. The highest BCUT2D eigenvalue weighted by Gasteiger charge is 2.01. The number of hydrogen-bond donors (Lipinski definition) is 0. The number of benzene rings is 1. The molecule has 1 nitrogen and oxygen atoms in total. The van der Waals surface area contributed by atoms with Crippen LogP contribution in [0.5, 0.6) is 0 Å². The highest BCUT2D eigenvalue weighted by molar-refractivity contribution is 8.13. The third-order valence-corrected chi connectivity index (χ3v) is 3.04. The zero-order valence-electron chi connectivity index (χ0n) is 10.0. The maximum atomic E-state index is 4.66. The molecular weight excluding hydrogens is 214 g/mol. The summed E-state index contributed by atoms with van der Waals surface area (Å²) >= 11 is 1.66. The molecule has 84 valence electrons. The number of allylic oxidation sites excluding steroid dienone is 2. The van der Waals surface area contributed by atoms with Gasteiger partial charge in [-0.05, 0) is 37.3 Å². The second-order valence-corrected chi connectivity index (χ2v) is 4.29. The van der Waals surface area contributed by atoms with Crippen molar-refractivity contribution < 1.29 is 0 Å². The van der Waals surface area contributed by atoms with Gasteiger partial charge in [-0.1, -0.05) is 36.9 Å². The summed E-state index contributed by atoms with van der Waals surface area (Å²) in [6.07, 6.45) is 5.81. The van der Waals surface area contributed by atoms with Gasteiger partial charge in [-0.3, -0.25) is 0 Å². The number of nitrogens with zero attached hydrogens (tertiary/aromatic N) is 1. The van der Waals surface area contributed by atoms with E-state index >= 15 is 0 Å². The number of aliphatic imine (C=N–C) groups is 1. The lowest BCUT2D eigenvalue weighted by Crippen LogP contribution is -1.93. The minimum atomic E-state index is 1.03. The van der Waals surface area contributed by atoms with Crippen molar-refractivity contribution in [2.45, 2.75) is 13.8 Å². The maximum Gasteiger partial charge on any atom is 0.0993 e. The molecule has 2 heteroatoms. The normalized spacial score (nSPS) is 12.7. The van der Waals surface area contributed by atoms with Gasteiger partial charge in [0.15, 0.2) is 0 Å². The van der Waals surface area contributed by atoms with Crippen molar-refractivity contribution >= 4 is 22.5 Å². The predicted molar refractivity (Wildman–Crippen MR) is 75.7 cm³/mol. The summed E-state index contributed by atoms with van der Waals surface area (Å²) in [5, 5.41) is 1.04. The Kier molecular flexibility index (Phi) is 5.06. The first-order chi connectivity index (χ1) is 7.69. The number of rotatable bonds is 3. The molecule has 0 N–H and O–H groups in total. The topological polar surface area (TPSA) is 12.4 Å². The molecule has 0 aliphatic rings. The van der Waals surface area contributed by atoms with Crippen LogP contribution < -0.4 is 0 Å². The van der Waals surface area contributed by atoms with Gasteiger partial charge in [0.25, 0.3) is 0 Å². The van der Waals surface area contributed by atoms with Crippen LogP contribution in [0.3, 0.4) is 0 Å². The van der Waals surface area contributed by atoms with Crippen LogP contribution in [0.2, 0.25) is 0 Å². The Balaban J connectivity index is 3.10. The van der Waals surface area contributed by atoms with Crippen LogP contribution >= 0.6 is 11.8 Å². The molecule has 0 radical (unpaired) electrons. The molecule has 0 amide bonds. The van der Waals surface area contributed by atoms with Crippen molar-refractivity contribution in [1.29, 1.82) is 0 Å². The molecule has 1 aromatic rings. The first kappa shape index (κ1) is 12.8. The van der Waals surface area contributed by atoms with E-state index in [-0.39, 0.29) is 0 Å². The Hall–Kier alpha value is -1.28. The molecule has 0 aliphatic carbocycles. The molecule has 0 heterocycles. The lowest BCUT2D eigenvalue weighted by Gasteiger charge is -2.05. The summed E-state index contributed by atoms with van der Waals surface area (Å²) < 4.78 is 0. The Morgan fingerprint density at radius 1 is 1.38 bits per heavy atom. The molecule has 1 aromatic carbocycles. The molecule has 0 spiro atoms. The van der Waals surface area contributed by atoms with Gasteiger partial charge in [-0.25, -0.2) is 4.99 Å². The molecule has 1 rings (SSSR count). The van der Waals surface area contributed by atoms with Crippen molar-refractivity contribution in [3.63, 3.8) is 0 Å². The monoisotopic (exact) mass is 231 g/mol. The number of thioether (sulfide) groups is 1. The second-order valence-electron chi connectivity index (χ2n) is 3.49. The van der Waals surface area contributed by atoms with Crippen molar-refractivity contribution in [3.8, 4) is 0 Å². The van der Waals surface area contributed by atoms with Crippen LogP contribution in [0.4, 0.5) is 5.69 Å². The summed E-state index contributed by atoms with van der Waals surface area (Å²) in [6.45, 7) is 7.82. The van der Waals surface area contributed by atoms with Gasteiger partial charge in [0.1, 0.15) is 0 Å². The Bertz CT molecular complexity index is 430. The molecule has 0 aliphatic heterocycles. The van der Waals surface area contributed by atoms with Gasteiger partial charge < -0.3 is 0 Å². The van der Waals surface area contributed by atoms with Crippen molar-refractivity contribution in [2.24, 2.45) is 4.99 Å². The SMILES string of the molecule is C=C/C=C(\C)C(=Nc1ccccc1C)SC. The average molecular weight is 231 g/mol. The minimum absolute atomic E-state index is 1.03. The molecule has 0 saturated heterocycles. The van der Waals surface area contributed by atoms with Gasteiger partial charge >= 0.3 is 0 Å². The standard InChI is InChI=1S/C14H17NS/c1-5-8-12(3)14(16-4)15-13-10-7-6-9-11(13)2/h5-10H,1H2,2-4H3/b12-8+,15-14?. The van der Waals surface area contributed by atoms with Gasteiger partial charge in [0.2, 0.25) is 0 Å². The Morgan fingerprint density at radius 3 is 2.62 bits per heavy atom. The van der Waals surface area contributed by atoms with E-state index in [1.807, 2.05) is 30.5 Å². The molecule has 0 aromatic heterocycles. The van der Waals surface area contributed by atoms with Crippen LogP contribution in [0.15, 0.2) is 53.6 Å². The van der Waals surface area contributed by atoms with Crippen molar-refractivity contribution in [3.05, 3.63) is 54.1 Å². The third-order valence-electron chi connectivity index (χ3n) is 2.24. The summed E-state index contributed by atoms with van der Waals surface area (Å²) in [4.78, 5) is 4.66. The lowest BCUT2D eigenvalue weighted by molar-refractivity contribution is 1.40. The number of hydrogen-bond acceptors (Lipinski definition) is 2. The van der Waals surface area contributed by atoms with E-state index in [1.165, 1.54) is 5.56 Å². The van der Waals surface area contributed by atoms with Gasteiger partial charge in [-0.15, -0.1) is 11.8 Å².